The summed E-state index contributed by atoms with van der Waals surface area (Å²) in [6.45, 7) is 10.8. The van der Waals surface area contributed by atoms with Crippen LogP contribution in [0.15, 0.2) is 24.3 Å². The highest BCUT2D eigenvalue weighted by Gasteiger charge is 2.18. The van der Waals surface area contributed by atoms with Gasteiger partial charge in [0.25, 0.3) is 0 Å². The molecule has 188 valence electrons. The van der Waals surface area contributed by atoms with Crippen molar-refractivity contribution in [1.82, 2.24) is 10.2 Å². The van der Waals surface area contributed by atoms with Gasteiger partial charge in [-0.3, -0.25) is 0 Å². The molecule has 1 aromatic carbocycles. The van der Waals surface area contributed by atoms with Crippen molar-refractivity contribution >= 4 is 12.0 Å². The van der Waals surface area contributed by atoms with Crippen molar-refractivity contribution in [2.75, 3.05) is 39.5 Å². The number of carboxylic acid groups (broad SMARTS) is 1. The van der Waals surface area contributed by atoms with E-state index in [4.69, 9.17) is 14.2 Å². The molecule has 0 saturated heterocycles. The number of rotatable bonds is 18. The van der Waals surface area contributed by atoms with Gasteiger partial charge in [0.05, 0.1) is 13.2 Å². The van der Waals surface area contributed by atoms with Gasteiger partial charge in [0, 0.05) is 32.2 Å². The molecule has 2 amide bonds. The Balaban J connectivity index is 2.54. The number of ether oxygens (including phenoxy) is 3. The number of amides is 2. The first-order valence-corrected chi connectivity index (χ1v) is 12.1. The summed E-state index contributed by atoms with van der Waals surface area (Å²) in [4.78, 5) is 25.6. The number of carboxylic acids is 1. The standard InChI is InChI=1S/C25H42N2O6/c1-5-8-9-16-31-17-14-27(25(30)26-20(4)6-2)15-18-33-22-12-10-21(11-13-22)19-23(24(28)29)32-7-3/h10-13,20,23H,5-9,14-19H2,1-4H3,(H,26,30)(H,28,29). The number of carbonyl (C=O) groups excluding carboxylic acids is 1. The first-order chi connectivity index (χ1) is 15.9. The Bertz CT molecular complexity index is 667. The fraction of sp³-hybridized carbons (Fsp3) is 0.680. The normalized spacial score (nSPS) is 12.7. The first-order valence-electron chi connectivity index (χ1n) is 12.1. The zero-order valence-electron chi connectivity index (χ0n) is 20.7. The molecule has 1 aromatic rings. The summed E-state index contributed by atoms with van der Waals surface area (Å²) in [7, 11) is 0. The van der Waals surface area contributed by atoms with Gasteiger partial charge in [0.2, 0.25) is 0 Å². The summed E-state index contributed by atoms with van der Waals surface area (Å²) in [6.07, 6.45) is 3.63. The number of hydrogen-bond donors (Lipinski definition) is 2. The van der Waals surface area contributed by atoms with Crippen LogP contribution in [0.5, 0.6) is 5.75 Å². The number of unbranched alkanes of at least 4 members (excludes halogenated alkanes) is 2. The second-order valence-electron chi connectivity index (χ2n) is 8.04. The zero-order valence-corrected chi connectivity index (χ0v) is 20.7. The van der Waals surface area contributed by atoms with Crippen molar-refractivity contribution in [1.29, 1.82) is 0 Å². The molecule has 0 spiro atoms. The van der Waals surface area contributed by atoms with Gasteiger partial charge in [-0.15, -0.1) is 0 Å². The highest BCUT2D eigenvalue weighted by atomic mass is 16.5. The third kappa shape index (κ3) is 12.5. The monoisotopic (exact) mass is 466 g/mol. The van der Waals surface area contributed by atoms with Crippen LogP contribution in [0.2, 0.25) is 0 Å². The zero-order chi connectivity index (χ0) is 24.5. The molecule has 0 saturated carbocycles. The molecule has 0 bridgehead atoms. The lowest BCUT2D eigenvalue weighted by molar-refractivity contribution is -0.149. The lowest BCUT2D eigenvalue weighted by Gasteiger charge is -2.25. The van der Waals surface area contributed by atoms with E-state index in [0.29, 0.717) is 51.7 Å². The molecular formula is C25H42N2O6. The van der Waals surface area contributed by atoms with Gasteiger partial charge in [-0.25, -0.2) is 9.59 Å². The fourth-order valence-electron chi connectivity index (χ4n) is 3.08. The molecule has 33 heavy (non-hydrogen) atoms. The maximum atomic E-state index is 12.6. The van der Waals surface area contributed by atoms with E-state index in [1.54, 1.807) is 24.0 Å². The summed E-state index contributed by atoms with van der Waals surface area (Å²) in [5.74, 6) is -0.303. The lowest BCUT2D eigenvalue weighted by Crippen LogP contribution is -2.46. The highest BCUT2D eigenvalue weighted by Crippen LogP contribution is 2.15. The second-order valence-corrected chi connectivity index (χ2v) is 8.04. The Morgan fingerprint density at radius 2 is 1.73 bits per heavy atom. The van der Waals surface area contributed by atoms with Crippen molar-refractivity contribution in [3.8, 4) is 5.75 Å². The minimum absolute atomic E-state index is 0.102. The average molecular weight is 467 g/mol. The van der Waals surface area contributed by atoms with Crippen LogP contribution in [0, 0.1) is 0 Å². The van der Waals surface area contributed by atoms with Crippen LogP contribution in [0.25, 0.3) is 0 Å². The highest BCUT2D eigenvalue weighted by molar-refractivity contribution is 5.74. The fourth-order valence-corrected chi connectivity index (χ4v) is 3.08. The SMILES string of the molecule is CCCCCOCCN(CCOc1ccc(CC(OCC)C(=O)O)cc1)C(=O)NC(C)CC. The number of nitrogens with zero attached hydrogens (tertiary/aromatic N) is 1. The van der Waals surface area contributed by atoms with Crippen LogP contribution in [0.3, 0.4) is 0 Å². The third-order valence-corrected chi connectivity index (χ3v) is 5.28. The summed E-state index contributed by atoms with van der Waals surface area (Å²) in [6, 6.07) is 7.27. The van der Waals surface area contributed by atoms with Crippen LogP contribution >= 0.6 is 0 Å². The maximum absolute atomic E-state index is 12.6. The van der Waals surface area contributed by atoms with Gasteiger partial charge < -0.3 is 29.5 Å². The van der Waals surface area contributed by atoms with Crippen molar-refractivity contribution in [3.05, 3.63) is 29.8 Å². The third-order valence-electron chi connectivity index (χ3n) is 5.28. The molecule has 0 radical (unpaired) electrons. The van der Waals surface area contributed by atoms with Gasteiger partial charge in [0.1, 0.15) is 12.4 Å². The number of carbonyl (C=O) groups is 2. The Labute approximate surface area is 198 Å². The van der Waals surface area contributed by atoms with Crippen LogP contribution < -0.4 is 10.1 Å². The molecule has 0 heterocycles. The topological polar surface area (TPSA) is 97.3 Å². The largest absolute Gasteiger partial charge is 0.492 e. The van der Waals surface area contributed by atoms with E-state index in [1.165, 1.54) is 0 Å². The number of aliphatic carboxylic acids is 1. The Kier molecular flexibility index (Phi) is 15.0. The van der Waals surface area contributed by atoms with Gasteiger partial charge in [-0.05, 0) is 44.4 Å². The second kappa shape index (κ2) is 17.2. The molecule has 0 aliphatic rings. The minimum atomic E-state index is -0.970. The maximum Gasteiger partial charge on any atom is 0.333 e. The molecule has 0 aromatic heterocycles. The molecule has 0 aliphatic heterocycles. The summed E-state index contributed by atoms with van der Waals surface area (Å²) >= 11 is 0. The summed E-state index contributed by atoms with van der Waals surface area (Å²) < 4.78 is 16.8. The van der Waals surface area contributed by atoms with E-state index in [-0.39, 0.29) is 12.1 Å². The molecule has 1 rings (SSSR count). The molecule has 0 aliphatic carbocycles. The van der Waals surface area contributed by atoms with Crippen LogP contribution in [-0.4, -0.2) is 73.7 Å². The van der Waals surface area contributed by atoms with Crippen LogP contribution in [0.4, 0.5) is 4.79 Å². The Morgan fingerprint density at radius 3 is 2.33 bits per heavy atom. The molecule has 0 fully saturated rings. The van der Waals surface area contributed by atoms with Crippen LogP contribution in [0.1, 0.15) is 58.9 Å². The van der Waals surface area contributed by atoms with Crippen LogP contribution in [-0.2, 0) is 20.7 Å². The van der Waals surface area contributed by atoms with E-state index in [2.05, 4.69) is 12.2 Å². The average Bonchev–Trinajstić information content (AvgIpc) is 2.80. The Hall–Kier alpha value is -2.32. The van der Waals surface area contributed by atoms with E-state index in [1.807, 2.05) is 26.0 Å². The van der Waals surface area contributed by atoms with E-state index >= 15 is 0 Å². The van der Waals surface area contributed by atoms with Crippen molar-refractivity contribution in [2.45, 2.75) is 71.9 Å². The van der Waals surface area contributed by atoms with E-state index in [0.717, 1.165) is 31.2 Å². The predicted octanol–water partition coefficient (Wildman–Crippen LogP) is 4.11. The Morgan fingerprint density at radius 1 is 1.03 bits per heavy atom. The number of benzene rings is 1. The minimum Gasteiger partial charge on any atom is -0.492 e. The summed E-state index contributed by atoms with van der Waals surface area (Å²) in [5.41, 5.74) is 0.859. The first kappa shape index (κ1) is 28.7. The quantitative estimate of drug-likeness (QED) is 0.316. The van der Waals surface area contributed by atoms with Crippen molar-refractivity contribution in [2.24, 2.45) is 0 Å². The summed E-state index contributed by atoms with van der Waals surface area (Å²) in [5, 5.41) is 12.2. The number of hydrogen-bond acceptors (Lipinski definition) is 5. The van der Waals surface area contributed by atoms with Gasteiger partial charge in [-0.1, -0.05) is 38.8 Å². The number of urea groups is 1. The molecule has 8 heteroatoms. The van der Waals surface area contributed by atoms with E-state index in [9.17, 15) is 14.7 Å². The molecule has 2 unspecified atom stereocenters. The van der Waals surface area contributed by atoms with Gasteiger partial charge in [0.15, 0.2) is 6.10 Å². The van der Waals surface area contributed by atoms with Gasteiger partial charge >= 0.3 is 12.0 Å². The molecule has 2 N–H and O–H groups in total. The van der Waals surface area contributed by atoms with E-state index < -0.39 is 12.1 Å². The van der Waals surface area contributed by atoms with Crippen molar-refractivity contribution < 1.29 is 28.9 Å². The van der Waals surface area contributed by atoms with Crippen molar-refractivity contribution in [3.63, 3.8) is 0 Å². The van der Waals surface area contributed by atoms with Gasteiger partial charge in [-0.2, -0.15) is 0 Å². The number of nitrogens with one attached hydrogen (secondary N) is 1. The smallest absolute Gasteiger partial charge is 0.333 e. The predicted molar refractivity (Wildman–Crippen MR) is 129 cm³/mol. The molecule has 8 nitrogen and oxygen atoms in total. The lowest BCUT2D eigenvalue weighted by atomic mass is 10.1. The molecular weight excluding hydrogens is 424 g/mol. The molecule has 2 atom stereocenters.